The lowest BCUT2D eigenvalue weighted by molar-refractivity contribution is -0.141. The topological polar surface area (TPSA) is 199 Å². The molecule has 3 aliphatic carbocycles. The number of carbonyl (C=O) groups excluding carboxylic acids is 4. The third-order valence-electron chi connectivity index (χ3n) is 11.2. The molecular weight excluding hydrogens is 747 g/mol. The van der Waals surface area contributed by atoms with Gasteiger partial charge in [-0.2, -0.15) is 0 Å². The van der Waals surface area contributed by atoms with Crippen LogP contribution in [-0.4, -0.2) is 93.7 Å². The number of nitrogens with zero attached hydrogens (tertiary/aromatic N) is 4. The molecule has 17 heteroatoms. The number of aromatic nitrogens is 3. The summed E-state index contributed by atoms with van der Waals surface area (Å²) in [6.45, 7) is -0.0258. The largest absolute Gasteiger partial charge is 0.471 e. The van der Waals surface area contributed by atoms with Gasteiger partial charge in [0.15, 0.2) is 5.65 Å². The molecule has 292 valence electrons. The van der Waals surface area contributed by atoms with Gasteiger partial charge in [0.2, 0.25) is 27.7 Å². The van der Waals surface area contributed by atoms with E-state index in [4.69, 9.17) is 19.4 Å². The van der Waals surface area contributed by atoms with E-state index in [1.54, 1.807) is 18.3 Å². The van der Waals surface area contributed by atoms with Crippen molar-refractivity contribution in [3.63, 3.8) is 0 Å². The molecule has 0 radical (unpaired) electrons. The van der Waals surface area contributed by atoms with E-state index in [-0.39, 0.29) is 31.4 Å². The molecule has 0 aromatic carbocycles. The molecule has 4 fully saturated rings. The van der Waals surface area contributed by atoms with Crippen molar-refractivity contribution in [2.24, 2.45) is 5.92 Å². The fraction of sp³-hybridized carbons (Fsp3) is 0.553. The Morgan fingerprint density at radius 3 is 2.58 bits per heavy atom. The summed E-state index contributed by atoms with van der Waals surface area (Å²) < 4.78 is 40.2. The van der Waals surface area contributed by atoms with Crippen molar-refractivity contribution < 1.29 is 37.1 Å². The lowest BCUT2D eigenvalue weighted by atomic mass is 10.0. The maximum atomic E-state index is 14.6. The average Bonchev–Trinajstić information content (AvgIpc) is 3.90. The van der Waals surface area contributed by atoms with Gasteiger partial charge in [-0.15, -0.1) is 11.3 Å². The molecular formula is C38H45N7O8S2. The van der Waals surface area contributed by atoms with Gasteiger partial charge in [0.25, 0.3) is 5.91 Å². The number of hydrogen-bond donors (Lipinski definition) is 3. The van der Waals surface area contributed by atoms with Crippen LogP contribution in [0.15, 0.2) is 48.0 Å². The minimum Gasteiger partial charge on any atom is -0.471 e. The maximum Gasteiger partial charge on any atom is 0.408 e. The summed E-state index contributed by atoms with van der Waals surface area (Å²) in [5.41, 5.74) is -0.0947. The van der Waals surface area contributed by atoms with E-state index in [2.05, 4.69) is 20.3 Å². The number of thiophene rings is 1. The van der Waals surface area contributed by atoms with E-state index < -0.39 is 68.7 Å². The number of fused-ring (bicyclic) bond motifs is 3. The molecule has 0 bridgehead atoms. The molecule has 8 rings (SSSR count). The number of amides is 4. The first-order chi connectivity index (χ1) is 26.6. The smallest absolute Gasteiger partial charge is 0.408 e. The van der Waals surface area contributed by atoms with Crippen LogP contribution in [0.2, 0.25) is 0 Å². The number of carbonyl (C=O) groups is 4. The van der Waals surface area contributed by atoms with Crippen LogP contribution < -0.4 is 20.1 Å². The summed E-state index contributed by atoms with van der Waals surface area (Å²) in [4.78, 5) is 72.0. The van der Waals surface area contributed by atoms with Gasteiger partial charge in [0, 0.05) is 18.5 Å². The van der Waals surface area contributed by atoms with E-state index in [0.29, 0.717) is 49.0 Å². The summed E-state index contributed by atoms with van der Waals surface area (Å²) >= 11 is 1.45. The van der Waals surface area contributed by atoms with Crippen molar-refractivity contribution >= 4 is 56.3 Å². The molecule has 1 unspecified atom stereocenters. The first kappa shape index (κ1) is 37.3. The number of hydrogen-bond acceptors (Lipinski definition) is 12. The molecule has 15 nitrogen and oxygen atoms in total. The standard InChI is InChI=1S/C38H45N7O8S2/c46-33-29-20-25(52-34-31(30-15-9-19-54-30)42-32-27(40-34)14-8-18-39-32)22-45(29)35(47)28(41-37(49)53-24-11-6-7-12-24)13-5-3-1-2-4-10-23-21-38(23,43-33)36(48)44-55(50,51)26-16-17-26/h4,8-10,14-15,18-19,23-26,28-29H,1-3,5-7,11-13,16-17,20-22H2,(H,41,49)(H,43,46)(H,44,48)/b10-4-/t23?,25-,28-,29+,38-/m1/s1. The Hall–Kier alpha value is -4.64. The highest BCUT2D eigenvalue weighted by molar-refractivity contribution is 7.91. The van der Waals surface area contributed by atoms with Crippen molar-refractivity contribution in [1.29, 1.82) is 0 Å². The van der Waals surface area contributed by atoms with Crippen LogP contribution in [-0.2, 0) is 29.1 Å². The number of nitrogens with one attached hydrogen (secondary N) is 3. The van der Waals surface area contributed by atoms with Gasteiger partial charge in [-0.25, -0.2) is 28.2 Å². The number of rotatable bonds is 8. The number of alkyl carbamates (subject to hydrolysis) is 1. The Morgan fingerprint density at radius 1 is 0.982 bits per heavy atom. The quantitative estimate of drug-likeness (QED) is 0.277. The van der Waals surface area contributed by atoms with Crippen LogP contribution in [0.5, 0.6) is 5.88 Å². The zero-order chi connectivity index (χ0) is 38.2. The lowest BCUT2D eigenvalue weighted by Gasteiger charge is -2.30. The highest BCUT2D eigenvalue weighted by Crippen LogP contribution is 2.46. The second-order valence-electron chi connectivity index (χ2n) is 15.2. The normalized spacial score (nSPS) is 28.3. The number of pyridine rings is 1. The third kappa shape index (κ3) is 8.18. The molecule has 55 heavy (non-hydrogen) atoms. The van der Waals surface area contributed by atoms with Gasteiger partial charge in [0.1, 0.15) is 41.0 Å². The van der Waals surface area contributed by atoms with Crippen molar-refractivity contribution in [2.45, 2.75) is 119 Å². The van der Waals surface area contributed by atoms with Crippen LogP contribution >= 0.6 is 11.3 Å². The second-order valence-corrected chi connectivity index (χ2v) is 18.1. The van der Waals surface area contributed by atoms with Crippen molar-refractivity contribution in [3.05, 3.63) is 48.0 Å². The van der Waals surface area contributed by atoms with Gasteiger partial charge in [0.05, 0.1) is 16.7 Å². The fourth-order valence-corrected chi connectivity index (χ4v) is 9.94. The molecule has 3 N–H and O–H groups in total. The van der Waals surface area contributed by atoms with Crippen molar-refractivity contribution in [1.82, 2.24) is 35.2 Å². The van der Waals surface area contributed by atoms with E-state index in [9.17, 15) is 27.6 Å². The molecule has 3 saturated carbocycles. The predicted molar refractivity (Wildman–Crippen MR) is 202 cm³/mol. The number of ether oxygens (including phenoxy) is 2. The van der Waals surface area contributed by atoms with Crippen LogP contribution in [0, 0.1) is 5.92 Å². The Labute approximate surface area is 323 Å². The maximum absolute atomic E-state index is 14.6. The summed E-state index contributed by atoms with van der Waals surface area (Å²) in [5, 5.41) is 6.99. The summed E-state index contributed by atoms with van der Waals surface area (Å²) in [5.74, 6) is -2.10. The van der Waals surface area contributed by atoms with Crippen molar-refractivity contribution in [3.8, 4) is 16.5 Å². The summed E-state index contributed by atoms with van der Waals surface area (Å²) in [6.07, 6.45) is 11.8. The first-order valence-corrected chi connectivity index (χ1v) is 21.7. The Bertz CT molecular complexity index is 2090. The molecule has 2 aliphatic heterocycles. The summed E-state index contributed by atoms with van der Waals surface area (Å²) in [6, 6.07) is 5.19. The second kappa shape index (κ2) is 15.5. The van der Waals surface area contributed by atoms with Gasteiger partial charge in [-0.05, 0) is 87.8 Å². The Balaban J connectivity index is 1.10. The molecule has 0 spiro atoms. The van der Waals surface area contributed by atoms with E-state index in [1.807, 2.05) is 29.7 Å². The Kier molecular flexibility index (Phi) is 10.5. The fourth-order valence-electron chi connectivity index (χ4n) is 7.87. The molecule has 3 aromatic heterocycles. The van der Waals surface area contributed by atoms with E-state index in [1.165, 1.54) is 16.2 Å². The highest BCUT2D eigenvalue weighted by atomic mass is 32.2. The summed E-state index contributed by atoms with van der Waals surface area (Å²) in [7, 11) is -3.89. The Morgan fingerprint density at radius 2 is 1.80 bits per heavy atom. The molecule has 5 aliphatic rings. The minimum absolute atomic E-state index is 0.0258. The van der Waals surface area contributed by atoms with Crippen LogP contribution in [0.4, 0.5) is 4.79 Å². The third-order valence-corrected chi connectivity index (χ3v) is 13.8. The van der Waals surface area contributed by atoms with Gasteiger partial charge < -0.3 is 25.0 Å². The zero-order valence-electron chi connectivity index (χ0n) is 30.4. The molecule has 4 amide bonds. The molecule has 1 saturated heterocycles. The first-order valence-electron chi connectivity index (χ1n) is 19.3. The minimum atomic E-state index is -3.89. The number of allylic oxidation sites excluding steroid dienone is 1. The van der Waals surface area contributed by atoms with Crippen LogP contribution in [0.1, 0.15) is 83.5 Å². The van der Waals surface area contributed by atoms with Crippen LogP contribution in [0.25, 0.3) is 21.7 Å². The lowest BCUT2D eigenvalue weighted by Crippen LogP contribution is -2.58. The van der Waals surface area contributed by atoms with Gasteiger partial charge >= 0.3 is 6.09 Å². The molecule has 5 heterocycles. The van der Waals surface area contributed by atoms with Gasteiger partial charge in [-0.3, -0.25) is 19.1 Å². The average molecular weight is 792 g/mol. The highest BCUT2D eigenvalue weighted by Gasteiger charge is 2.62. The van der Waals surface area contributed by atoms with Crippen molar-refractivity contribution in [2.75, 3.05) is 6.54 Å². The monoisotopic (exact) mass is 791 g/mol. The van der Waals surface area contributed by atoms with Gasteiger partial charge in [-0.1, -0.05) is 31.1 Å². The molecule has 3 aromatic rings. The molecule has 5 atom stereocenters. The predicted octanol–water partition coefficient (Wildman–Crippen LogP) is 4.14. The van der Waals surface area contributed by atoms with Crippen LogP contribution in [0.3, 0.4) is 0 Å². The SMILES string of the molecule is O=C(N[C@@H]1CCCCC/C=C\C2C[C@@]2(C(=O)NS(=O)(=O)C2CC2)NC(=O)[C@@H]2C[C@@H](Oc3nc4cccnc4nc3-c3cccs3)CN2C1=O)OC1CCCC1. The number of sulfonamides is 1. The zero-order valence-corrected chi connectivity index (χ0v) is 32.0. The van der Waals surface area contributed by atoms with E-state index in [0.717, 1.165) is 43.4 Å². The van der Waals surface area contributed by atoms with E-state index >= 15 is 0 Å².